The number of rotatable bonds is 3. The van der Waals surface area contributed by atoms with Crippen molar-refractivity contribution in [3.8, 4) is 0 Å². The first-order valence-corrected chi connectivity index (χ1v) is 6.51. The molecule has 1 rings (SSSR count). The third-order valence-corrected chi connectivity index (χ3v) is 3.58. The van der Waals surface area contributed by atoms with Gasteiger partial charge in [0.25, 0.3) is 0 Å². The van der Waals surface area contributed by atoms with Gasteiger partial charge in [0.1, 0.15) is 0 Å². The summed E-state index contributed by atoms with van der Waals surface area (Å²) in [5.41, 5.74) is 1.65. The SMILES string of the molecule is CSc1ccccc1CN(C)C(C)(C)C. The predicted molar refractivity (Wildman–Crippen MR) is 69.4 cm³/mol. The first-order valence-electron chi connectivity index (χ1n) is 5.28. The highest BCUT2D eigenvalue weighted by Crippen LogP contribution is 2.23. The summed E-state index contributed by atoms with van der Waals surface area (Å²) in [6, 6.07) is 8.63. The molecule has 0 amide bonds. The highest BCUT2D eigenvalue weighted by Gasteiger charge is 2.17. The lowest BCUT2D eigenvalue weighted by molar-refractivity contribution is 0.166. The first kappa shape index (κ1) is 12.6. The Bertz CT molecular complexity index is 315. The molecule has 0 heterocycles. The smallest absolute Gasteiger partial charge is 0.0246 e. The monoisotopic (exact) mass is 223 g/mol. The van der Waals surface area contributed by atoms with Crippen LogP contribution in [0.25, 0.3) is 0 Å². The van der Waals surface area contributed by atoms with Gasteiger partial charge in [0.2, 0.25) is 0 Å². The van der Waals surface area contributed by atoms with Gasteiger partial charge < -0.3 is 0 Å². The van der Waals surface area contributed by atoms with E-state index in [1.807, 2.05) is 11.8 Å². The van der Waals surface area contributed by atoms with Crippen LogP contribution in [0.4, 0.5) is 0 Å². The lowest BCUT2D eigenvalue weighted by Gasteiger charge is -2.32. The molecule has 0 aliphatic carbocycles. The molecule has 0 spiro atoms. The molecular formula is C13H21NS. The molecule has 0 aliphatic rings. The molecule has 0 saturated heterocycles. The Labute approximate surface area is 97.9 Å². The standard InChI is InChI=1S/C13H21NS/c1-13(2,3)14(4)10-11-8-6-7-9-12(11)15-5/h6-9H,10H2,1-5H3. The average Bonchev–Trinajstić information content (AvgIpc) is 2.17. The largest absolute Gasteiger partial charge is 0.297 e. The fraction of sp³-hybridized carbons (Fsp3) is 0.538. The molecule has 84 valence electrons. The minimum Gasteiger partial charge on any atom is -0.297 e. The van der Waals surface area contributed by atoms with Crippen LogP contribution in [-0.4, -0.2) is 23.7 Å². The Kier molecular flexibility index (Phi) is 4.23. The number of hydrogen-bond donors (Lipinski definition) is 0. The molecule has 1 aromatic rings. The lowest BCUT2D eigenvalue weighted by atomic mass is 10.1. The lowest BCUT2D eigenvalue weighted by Crippen LogP contribution is -2.37. The average molecular weight is 223 g/mol. The van der Waals surface area contributed by atoms with Crippen molar-refractivity contribution in [1.29, 1.82) is 0 Å². The van der Waals surface area contributed by atoms with E-state index in [9.17, 15) is 0 Å². The van der Waals surface area contributed by atoms with E-state index in [1.165, 1.54) is 10.5 Å². The first-order chi connectivity index (χ1) is 6.95. The summed E-state index contributed by atoms with van der Waals surface area (Å²) in [6.45, 7) is 7.75. The van der Waals surface area contributed by atoms with Crippen LogP contribution in [0.5, 0.6) is 0 Å². The molecule has 0 saturated carbocycles. The molecule has 0 aromatic heterocycles. The van der Waals surface area contributed by atoms with Gasteiger partial charge in [0, 0.05) is 17.0 Å². The summed E-state index contributed by atoms with van der Waals surface area (Å²) in [5, 5.41) is 0. The van der Waals surface area contributed by atoms with Gasteiger partial charge in [0.15, 0.2) is 0 Å². The van der Waals surface area contributed by atoms with Crippen LogP contribution < -0.4 is 0 Å². The Morgan fingerprint density at radius 1 is 1.20 bits per heavy atom. The summed E-state index contributed by atoms with van der Waals surface area (Å²) < 4.78 is 0. The molecule has 0 unspecified atom stereocenters. The fourth-order valence-electron chi connectivity index (χ4n) is 1.33. The van der Waals surface area contributed by atoms with Gasteiger partial charge in [-0.05, 0) is 45.7 Å². The highest BCUT2D eigenvalue weighted by atomic mass is 32.2. The molecule has 15 heavy (non-hydrogen) atoms. The van der Waals surface area contributed by atoms with Crippen LogP contribution in [-0.2, 0) is 6.54 Å². The van der Waals surface area contributed by atoms with E-state index >= 15 is 0 Å². The van der Waals surface area contributed by atoms with Crippen LogP contribution >= 0.6 is 11.8 Å². The van der Waals surface area contributed by atoms with Crippen LogP contribution in [0.3, 0.4) is 0 Å². The quantitative estimate of drug-likeness (QED) is 0.720. The van der Waals surface area contributed by atoms with E-state index in [0.717, 1.165) is 6.54 Å². The summed E-state index contributed by atoms with van der Waals surface area (Å²) in [7, 11) is 2.18. The molecular weight excluding hydrogens is 202 g/mol. The zero-order valence-corrected chi connectivity index (χ0v) is 11.2. The summed E-state index contributed by atoms with van der Waals surface area (Å²) in [4.78, 5) is 3.76. The van der Waals surface area contributed by atoms with Gasteiger partial charge in [-0.2, -0.15) is 0 Å². The molecule has 0 atom stereocenters. The summed E-state index contributed by atoms with van der Waals surface area (Å²) in [6.07, 6.45) is 2.13. The Balaban J connectivity index is 2.80. The minimum atomic E-state index is 0.228. The normalized spacial score (nSPS) is 12.1. The maximum atomic E-state index is 2.38. The number of hydrogen-bond acceptors (Lipinski definition) is 2. The van der Waals surface area contributed by atoms with E-state index in [0.29, 0.717) is 0 Å². The van der Waals surface area contributed by atoms with Gasteiger partial charge in [-0.15, -0.1) is 11.8 Å². The molecule has 1 aromatic carbocycles. The van der Waals surface area contributed by atoms with E-state index in [1.54, 1.807) is 0 Å². The second kappa shape index (κ2) is 5.04. The van der Waals surface area contributed by atoms with E-state index in [2.05, 4.69) is 63.2 Å². The van der Waals surface area contributed by atoms with Crippen LogP contribution in [0, 0.1) is 0 Å². The molecule has 0 fully saturated rings. The van der Waals surface area contributed by atoms with Crippen LogP contribution in [0.2, 0.25) is 0 Å². The van der Waals surface area contributed by atoms with Crippen molar-refractivity contribution < 1.29 is 0 Å². The maximum absolute atomic E-state index is 2.38. The van der Waals surface area contributed by atoms with Crippen molar-refractivity contribution in [3.63, 3.8) is 0 Å². The van der Waals surface area contributed by atoms with Crippen molar-refractivity contribution in [2.45, 2.75) is 37.8 Å². The maximum Gasteiger partial charge on any atom is 0.0246 e. The van der Waals surface area contributed by atoms with Crippen molar-refractivity contribution >= 4 is 11.8 Å². The molecule has 1 nitrogen and oxygen atoms in total. The predicted octanol–water partition coefficient (Wildman–Crippen LogP) is 3.64. The number of nitrogens with zero attached hydrogens (tertiary/aromatic N) is 1. The van der Waals surface area contributed by atoms with Crippen molar-refractivity contribution in [3.05, 3.63) is 29.8 Å². The fourth-order valence-corrected chi connectivity index (χ4v) is 1.94. The van der Waals surface area contributed by atoms with Crippen molar-refractivity contribution in [2.24, 2.45) is 0 Å². The van der Waals surface area contributed by atoms with Crippen molar-refractivity contribution in [1.82, 2.24) is 4.90 Å². The van der Waals surface area contributed by atoms with Crippen molar-refractivity contribution in [2.75, 3.05) is 13.3 Å². The molecule has 0 N–H and O–H groups in total. The molecule has 0 bridgehead atoms. The van der Waals surface area contributed by atoms with Gasteiger partial charge in [-0.25, -0.2) is 0 Å². The zero-order chi connectivity index (χ0) is 11.5. The third kappa shape index (κ3) is 3.54. The van der Waals surface area contributed by atoms with Crippen LogP contribution in [0.15, 0.2) is 29.2 Å². The Morgan fingerprint density at radius 3 is 2.33 bits per heavy atom. The Morgan fingerprint density at radius 2 is 1.80 bits per heavy atom. The third-order valence-electron chi connectivity index (χ3n) is 2.75. The topological polar surface area (TPSA) is 3.24 Å². The second-order valence-electron chi connectivity index (χ2n) is 4.84. The minimum absolute atomic E-state index is 0.228. The number of benzene rings is 1. The zero-order valence-electron chi connectivity index (χ0n) is 10.4. The summed E-state index contributed by atoms with van der Waals surface area (Å²) >= 11 is 1.82. The van der Waals surface area contributed by atoms with Gasteiger partial charge >= 0.3 is 0 Å². The summed E-state index contributed by atoms with van der Waals surface area (Å²) in [5.74, 6) is 0. The molecule has 0 radical (unpaired) electrons. The number of thioether (sulfide) groups is 1. The highest BCUT2D eigenvalue weighted by molar-refractivity contribution is 7.98. The molecule has 2 heteroatoms. The van der Waals surface area contributed by atoms with Gasteiger partial charge in [0.05, 0.1) is 0 Å². The Hall–Kier alpha value is -0.470. The van der Waals surface area contributed by atoms with Crippen LogP contribution in [0.1, 0.15) is 26.3 Å². The van der Waals surface area contributed by atoms with Gasteiger partial charge in [-0.3, -0.25) is 4.90 Å². The van der Waals surface area contributed by atoms with Gasteiger partial charge in [-0.1, -0.05) is 18.2 Å². The van der Waals surface area contributed by atoms with E-state index in [-0.39, 0.29) is 5.54 Å². The molecule has 0 aliphatic heterocycles. The second-order valence-corrected chi connectivity index (χ2v) is 5.69. The van der Waals surface area contributed by atoms with E-state index in [4.69, 9.17) is 0 Å². The van der Waals surface area contributed by atoms with E-state index < -0.39 is 0 Å².